The molecule has 32 heavy (non-hydrogen) atoms. The van der Waals surface area contributed by atoms with Crippen molar-refractivity contribution in [3.63, 3.8) is 0 Å². The summed E-state index contributed by atoms with van der Waals surface area (Å²) in [4.78, 5) is 11.5. The summed E-state index contributed by atoms with van der Waals surface area (Å²) in [5.41, 5.74) is 6.93. The van der Waals surface area contributed by atoms with Crippen molar-refractivity contribution in [3.05, 3.63) is 94.5 Å². The largest absolute Gasteiger partial charge is 0.351 e. The average molecular weight is 460 g/mol. The van der Waals surface area contributed by atoms with E-state index in [2.05, 4.69) is 81.9 Å². The topological polar surface area (TPSA) is 46.0 Å². The van der Waals surface area contributed by atoms with Crippen LogP contribution in [0.2, 0.25) is 0 Å². The smallest absolute Gasteiger partial charge is 0.193 e. The molecule has 5 nitrogen and oxygen atoms in total. The Morgan fingerprint density at radius 1 is 1.06 bits per heavy atom. The highest BCUT2D eigenvalue weighted by Gasteiger charge is 2.42. The quantitative estimate of drug-likeness (QED) is 0.389. The third-order valence-corrected chi connectivity index (χ3v) is 7.19. The highest BCUT2D eigenvalue weighted by Crippen LogP contribution is 2.43. The van der Waals surface area contributed by atoms with E-state index >= 15 is 0 Å². The molecule has 7 heteroatoms. The molecule has 2 atom stereocenters. The molecule has 5 rings (SSSR count). The Balaban J connectivity index is 1.66. The number of pyridine rings is 1. The fourth-order valence-corrected chi connectivity index (χ4v) is 5.65. The van der Waals surface area contributed by atoms with Gasteiger partial charge in [-0.3, -0.25) is 9.55 Å². The number of hydrogen-bond donors (Lipinski definition) is 1. The molecule has 4 heterocycles. The first-order chi connectivity index (χ1) is 15.6. The zero-order chi connectivity index (χ0) is 22.2. The maximum absolute atomic E-state index is 5.87. The molecule has 1 aliphatic heterocycles. The molecule has 1 fully saturated rings. The Kier molecular flexibility index (Phi) is 5.53. The van der Waals surface area contributed by atoms with Gasteiger partial charge in [0, 0.05) is 34.8 Å². The van der Waals surface area contributed by atoms with Crippen LogP contribution in [0.1, 0.15) is 47.2 Å². The van der Waals surface area contributed by atoms with Crippen molar-refractivity contribution in [2.24, 2.45) is 0 Å². The second kappa shape index (κ2) is 8.48. The van der Waals surface area contributed by atoms with E-state index in [1.54, 1.807) is 11.3 Å². The summed E-state index contributed by atoms with van der Waals surface area (Å²) < 4.78 is 2.23. The standard InChI is InChI=1S/C25H25N5S2/c1-4-18-8-10-19(11-9-18)30-23(22(28-24(30)31)21-7-5-6-12-26-21)20-15-16(2)29(17(20)3)25-27-13-14-32-25/h5-15,22-23H,4H2,1-3H3,(H,28,31)/t22-,23-/m1/s1. The third-order valence-electron chi connectivity index (χ3n) is 6.12. The normalized spacial score (nSPS) is 18.2. The van der Waals surface area contributed by atoms with Crippen molar-refractivity contribution in [2.75, 3.05) is 4.90 Å². The first kappa shape index (κ1) is 20.8. The zero-order valence-electron chi connectivity index (χ0n) is 18.3. The highest BCUT2D eigenvalue weighted by molar-refractivity contribution is 7.80. The summed E-state index contributed by atoms with van der Waals surface area (Å²) in [7, 11) is 0. The van der Waals surface area contributed by atoms with Gasteiger partial charge in [-0.25, -0.2) is 4.98 Å². The maximum atomic E-state index is 5.87. The van der Waals surface area contributed by atoms with E-state index in [9.17, 15) is 0 Å². The number of aryl methyl sites for hydroxylation is 2. The molecule has 162 valence electrons. The van der Waals surface area contributed by atoms with E-state index in [4.69, 9.17) is 12.2 Å². The number of nitrogens with one attached hydrogen (secondary N) is 1. The van der Waals surface area contributed by atoms with E-state index in [0.29, 0.717) is 5.11 Å². The number of rotatable bonds is 5. The predicted molar refractivity (Wildman–Crippen MR) is 135 cm³/mol. The van der Waals surface area contributed by atoms with Gasteiger partial charge in [0.15, 0.2) is 10.2 Å². The van der Waals surface area contributed by atoms with Crippen LogP contribution in [0.4, 0.5) is 5.69 Å². The molecular formula is C25H25N5S2. The minimum absolute atomic E-state index is 0.0233. The van der Waals surface area contributed by atoms with Crippen LogP contribution >= 0.6 is 23.6 Å². The second-order valence-corrected chi connectivity index (χ2v) is 9.25. The van der Waals surface area contributed by atoms with Crippen LogP contribution in [0.5, 0.6) is 0 Å². The number of anilines is 1. The van der Waals surface area contributed by atoms with Gasteiger partial charge < -0.3 is 10.2 Å². The minimum atomic E-state index is -0.0557. The summed E-state index contributed by atoms with van der Waals surface area (Å²) in [5.74, 6) is 0. The van der Waals surface area contributed by atoms with Gasteiger partial charge in [0.05, 0.1) is 17.8 Å². The highest BCUT2D eigenvalue weighted by atomic mass is 32.1. The van der Waals surface area contributed by atoms with Gasteiger partial charge in [-0.05, 0) is 73.9 Å². The average Bonchev–Trinajstić information content (AvgIpc) is 3.52. The third kappa shape index (κ3) is 3.51. The monoisotopic (exact) mass is 459 g/mol. The fraction of sp³-hybridized carbons (Fsp3) is 0.240. The van der Waals surface area contributed by atoms with E-state index in [1.807, 2.05) is 29.9 Å². The van der Waals surface area contributed by atoms with Crippen LogP contribution in [0.25, 0.3) is 5.13 Å². The first-order valence-electron chi connectivity index (χ1n) is 10.8. The van der Waals surface area contributed by atoms with Crippen LogP contribution in [0.15, 0.2) is 66.3 Å². The van der Waals surface area contributed by atoms with Crippen LogP contribution in [0, 0.1) is 13.8 Å². The summed E-state index contributed by atoms with van der Waals surface area (Å²) in [6, 6.07) is 16.9. The number of nitrogens with zero attached hydrogens (tertiary/aromatic N) is 4. The Labute approximate surface area is 197 Å². The second-order valence-electron chi connectivity index (χ2n) is 7.99. The van der Waals surface area contributed by atoms with E-state index < -0.39 is 0 Å². The van der Waals surface area contributed by atoms with Crippen molar-refractivity contribution < 1.29 is 0 Å². The van der Waals surface area contributed by atoms with Crippen molar-refractivity contribution >= 4 is 34.4 Å². The van der Waals surface area contributed by atoms with Crippen LogP contribution < -0.4 is 10.2 Å². The lowest BCUT2D eigenvalue weighted by Crippen LogP contribution is -2.29. The molecule has 0 amide bonds. The lowest BCUT2D eigenvalue weighted by Gasteiger charge is -2.28. The van der Waals surface area contributed by atoms with Gasteiger partial charge >= 0.3 is 0 Å². The molecule has 1 aliphatic rings. The number of benzene rings is 1. The molecule has 1 N–H and O–H groups in total. The van der Waals surface area contributed by atoms with Gasteiger partial charge in [0.25, 0.3) is 0 Å². The molecule has 3 aromatic heterocycles. The fourth-order valence-electron chi connectivity index (χ4n) is 4.55. The van der Waals surface area contributed by atoms with Gasteiger partial charge in [0.1, 0.15) is 0 Å². The van der Waals surface area contributed by atoms with Gasteiger partial charge in [0.2, 0.25) is 0 Å². The van der Waals surface area contributed by atoms with Gasteiger partial charge in [-0.2, -0.15) is 0 Å². The molecule has 0 unspecified atom stereocenters. The number of aromatic nitrogens is 3. The van der Waals surface area contributed by atoms with Crippen molar-refractivity contribution in [1.29, 1.82) is 0 Å². The van der Waals surface area contributed by atoms with E-state index in [1.165, 1.54) is 16.8 Å². The van der Waals surface area contributed by atoms with Crippen molar-refractivity contribution in [2.45, 2.75) is 39.3 Å². The Morgan fingerprint density at radius 2 is 1.88 bits per heavy atom. The lowest BCUT2D eigenvalue weighted by atomic mass is 9.96. The van der Waals surface area contributed by atoms with Crippen LogP contribution in [0.3, 0.4) is 0 Å². The first-order valence-corrected chi connectivity index (χ1v) is 12.1. The van der Waals surface area contributed by atoms with E-state index in [0.717, 1.165) is 28.6 Å². The molecule has 4 aromatic rings. The number of hydrogen-bond acceptors (Lipinski definition) is 4. The maximum Gasteiger partial charge on any atom is 0.193 e. The van der Waals surface area contributed by atoms with Crippen LogP contribution in [-0.2, 0) is 6.42 Å². The molecule has 1 aromatic carbocycles. The Hall–Kier alpha value is -3.03. The lowest BCUT2D eigenvalue weighted by molar-refractivity contribution is 0.565. The molecule has 0 aliphatic carbocycles. The van der Waals surface area contributed by atoms with Crippen molar-refractivity contribution in [3.8, 4) is 5.13 Å². The molecule has 0 radical (unpaired) electrons. The Bertz CT molecular complexity index is 1230. The Morgan fingerprint density at radius 3 is 2.53 bits per heavy atom. The SMILES string of the molecule is CCc1ccc(N2C(=S)N[C@H](c3ccccn3)[C@H]2c2cc(C)n(-c3nccs3)c2C)cc1. The molecule has 1 saturated heterocycles. The molecule has 0 bridgehead atoms. The van der Waals surface area contributed by atoms with Gasteiger partial charge in [-0.15, -0.1) is 11.3 Å². The summed E-state index contributed by atoms with van der Waals surface area (Å²) in [5, 5.41) is 7.27. The van der Waals surface area contributed by atoms with E-state index in [-0.39, 0.29) is 12.1 Å². The summed E-state index contributed by atoms with van der Waals surface area (Å²) in [6.07, 6.45) is 4.70. The predicted octanol–water partition coefficient (Wildman–Crippen LogP) is 5.69. The minimum Gasteiger partial charge on any atom is -0.351 e. The van der Waals surface area contributed by atoms with Gasteiger partial charge in [-0.1, -0.05) is 25.1 Å². The van der Waals surface area contributed by atoms with Crippen molar-refractivity contribution in [1.82, 2.24) is 19.9 Å². The molecule has 0 spiro atoms. The summed E-state index contributed by atoms with van der Waals surface area (Å²) >= 11 is 7.51. The molecular weight excluding hydrogens is 434 g/mol. The zero-order valence-corrected chi connectivity index (χ0v) is 20.0. The van der Waals surface area contributed by atoms with Crippen LogP contribution in [-0.4, -0.2) is 19.6 Å². The number of thiocarbonyl (C=S) groups is 1. The summed E-state index contributed by atoms with van der Waals surface area (Å²) in [6.45, 7) is 6.47. The number of thiazole rings is 1. The molecule has 0 saturated carbocycles.